The lowest BCUT2D eigenvalue weighted by atomic mass is 10.0. The average molecular weight is 401 g/mol. The number of hydrogen-bond donors (Lipinski definition) is 1. The second kappa shape index (κ2) is 9.28. The number of benzene rings is 1. The molecule has 0 aliphatic carbocycles. The van der Waals surface area contributed by atoms with E-state index in [0.717, 1.165) is 32.1 Å². The zero-order valence-electron chi connectivity index (χ0n) is 13.4. The smallest absolute Gasteiger partial charge is 0.193 e. The Labute approximate surface area is 146 Å². The summed E-state index contributed by atoms with van der Waals surface area (Å²) in [7, 11) is 0. The molecule has 0 saturated carbocycles. The van der Waals surface area contributed by atoms with Crippen molar-refractivity contribution in [2.45, 2.75) is 39.5 Å². The topological polar surface area (TPSA) is 27.6 Å². The van der Waals surface area contributed by atoms with Crippen LogP contribution in [0.4, 0.5) is 0 Å². The van der Waals surface area contributed by atoms with Crippen LogP contribution in [-0.4, -0.2) is 37.0 Å². The van der Waals surface area contributed by atoms with Crippen LogP contribution in [0.25, 0.3) is 0 Å². The standard InChI is InChI=1S/C17H27N3.HI/c1-4-18-17(20-11-5-6-12-20)19-13-15(3)16-9-7-14(2)8-10-16;/h7-10,15H,4-6,11-13H2,1-3H3,(H,18,19);1H. The first-order valence-electron chi connectivity index (χ1n) is 7.80. The first-order valence-corrected chi connectivity index (χ1v) is 7.80. The van der Waals surface area contributed by atoms with Crippen LogP contribution in [-0.2, 0) is 0 Å². The summed E-state index contributed by atoms with van der Waals surface area (Å²) >= 11 is 0. The fourth-order valence-corrected chi connectivity index (χ4v) is 2.58. The molecule has 0 amide bonds. The van der Waals surface area contributed by atoms with Crippen molar-refractivity contribution in [2.24, 2.45) is 4.99 Å². The van der Waals surface area contributed by atoms with Gasteiger partial charge in [-0.15, -0.1) is 24.0 Å². The normalized spacial score (nSPS) is 16.5. The minimum atomic E-state index is 0. The predicted molar refractivity (Wildman–Crippen MR) is 102 cm³/mol. The van der Waals surface area contributed by atoms with Crippen LogP contribution in [0.3, 0.4) is 0 Å². The molecule has 2 rings (SSSR count). The first-order chi connectivity index (χ1) is 9.70. The van der Waals surface area contributed by atoms with Gasteiger partial charge in [0.05, 0.1) is 0 Å². The van der Waals surface area contributed by atoms with E-state index in [4.69, 9.17) is 4.99 Å². The van der Waals surface area contributed by atoms with Gasteiger partial charge < -0.3 is 10.2 Å². The maximum Gasteiger partial charge on any atom is 0.193 e. The number of halogens is 1. The van der Waals surface area contributed by atoms with Crippen LogP contribution in [0.1, 0.15) is 43.7 Å². The largest absolute Gasteiger partial charge is 0.357 e. The molecule has 1 aromatic carbocycles. The van der Waals surface area contributed by atoms with Gasteiger partial charge in [-0.25, -0.2) is 0 Å². The second-order valence-electron chi connectivity index (χ2n) is 5.70. The van der Waals surface area contributed by atoms with Crippen molar-refractivity contribution in [1.82, 2.24) is 10.2 Å². The van der Waals surface area contributed by atoms with Crippen LogP contribution in [0.2, 0.25) is 0 Å². The maximum atomic E-state index is 4.83. The molecule has 3 nitrogen and oxygen atoms in total. The summed E-state index contributed by atoms with van der Waals surface area (Å²) < 4.78 is 0. The Morgan fingerprint density at radius 3 is 2.43 bits per heavy atom. The molecule has 1 N–H and O–H groups in total. The lowest BCUT2D eigenvalue weighted by Crippen LogP contribution is -2.39. The third-order valence-electron chi connectivity index (χ3n) is 3.90. The number of rotatable bonds is 4. The number of likely N-dealkylation sites (tertiary alicyclic amines) is 1. The quantitative estimate of drug-likeness (QED) is 0.473. The van der Waals surface area contributed by atoms with E-state index in [2.05, 4.69) is 55.3 Å². The van der Waals surface area contributed by atoms with Crippen molar-refractivity contribution < 1.29 is 0 Å². The maximum absolute atomic E-state index is 4.83. The van der Waals surface area contributed by atoms with Crippen molar-refractivity contribution in [3.05, 3.63) is 35.4 Å². The predicted octanol–water partition coefficient (Wildman–Crippen LogP) is 3.78. The third kappa shape index (κ3) is 5.49. The molecule has 0 radical (unpaired) electrons. The Balaban J connectivity index is 0.00000220. The van der Waals surface area contributed by atoms with Crippen LogP contribution >= 0.6 is 24.0 Å². The van der Waals surface area contributed by atoms with Gasteiger partial charge in [0.2, 0.25) is 0 Å². The number of hydrogen-bond acceptors (Lipinski definition) is 1. The lowest BCUT2D eigenvalue weighted by Gasteiger charge is -2.21. The molecule has 0 aromatic heterocycles. The Bertz CT molecular complexity index is 436. The molecule has 1 fully saturated rings. The van der Waals surface area contributed by atoms with E-state index in [9.17, 15) is 0 Å². The summed E-state index contributed by atoms with van der Waals surface area (Å²) in [4.78, 5) is 7.21. The van der Waals surface area contributed by atoms with Gasteiger partial charge in [-0.05, 0) is 32.3 Å². The van der Waals surface area contributed by atoms with E-state index in [1.54, 1.807) is 0 Å². The molecule has 4 heteroatoms. The minimum absolute atomic E-state index is 0. The van der Waals surface area contributed by atoms with Crippen molar-refractivity contribution in [1.29, 1.82) is 0 Å². The Kier molecular flexibility index (Phi) is 8.07. The molecule has 1 atom stereocenters. The van der Waals surface area contributed by atoms with Gasteiger partial charge in [0.15, 0.2) is 5.96 Å². The summed E-state index contributed by atoms with van der Waals surface area (Å²) in [6, 6.07) is 8.80. The summed E-state index contributed by atoms with van der Waals surface area (Å²) in [6.07, 6.45) is 2.58. The molecule has 21 heavy (non-hydrogen) atoms. The molecule has 1 aliphatic rings. The van der Waals surface area contributed by atoms with E-state index in [1.807, 2.05) is 0 Å². The highest BCUT2D eigenvalue weighted by Gasteiger charge is 2.15. The summed E-state index contributed by atoms with van der Waals surface area (Å²) in [5.74, 6) is 1.55. The van der Waals surface area contributed by atoms with Crippen LogP contribution in [0.5, 0.6) is 0 Å². The highest BCUT2D eigenvalue weighted by molar-refractivity contribution is 14.0. The van der Waals surface area contributed by atoms with Crippen LogP contribution < -0.4 is 5.32 Å². The molecular formula is C17H28IN3. The van der Waals surface area contributed by atoms with E-state index in [0.29, 0.717) is 5.92 Å². The molecule has 1 aliphatic heterocycles. The number of guanidine groups is 1. The van der Waals surface area contributed by atoms with Gasteiger partial charge in [-0.3, -0.25) is 4.99 Å². The van der Waals surface area contributed by atoms with Gasteiger partial charge in [0.1, 0.15) is 0 Å². The molecule has 1 unspecified atom stereocenters. The second-order valence-corrected chi connectivity index (χ2v) is 5.70. The Morgan fingerprint density at radius 2 is 1.86 bits per heavy atom. The summed E-state index contributed by atoms with van der Waals surface area (Å²) in [5, 5.41) is 3.42. The molecule has 118 valence electrons. The van der Waals surface area contributed by atoms with Gasteiger partial charge in [-0.1, -0.05) is 36.8 Å². The van der Waals surface area contributed by atoms with Gasteiger partial charge in [0.25, 0.3) is 0 Å². The Hall–Kier alpha value is -0.780. The van der Waals surface area contributed by atoms with Crippen molar-refractivity contribution >= 4 is 29.9 Å². The fraction of sp³-hybridized carbons (Fsp3) is 0.588. The molecule has 0 bridgehead atoms. The number of nitrogens with zero attached hydrogens (tertiary/aromatic N) is 2. The molecular weight excluding hydrogens is 373 g/mol. The highest BCUT2D eigenvalue weighted by Crippen LogP contribution is 2.16. The average Bonchev–Trinajstić information content (AvgIpc) is 2.98. The monoisotopic (exact) mass is 401 g/mol. The van der Waals surface area contributed by atoms with Gasteiger partial charge in [-0.2, -0.15) is 0 Å². The summed E-state index contributed by atoms with van der Waals surface area (Å²) in [5.41, 5.74) is 2.69. The van der Waals surface area contributed by atoms with Gasteiger partial charge in [0, 0.05) is 32.1 Å². The van der Waals surface area contributed by atoms with Crippen molar-refractivity contribution in [3.8, 4) is 0 Å². The SMILES string of the molecule is CCNC(=NCC(C)c1ccc(C)cc1)N1CCCC1.I. The zero-order chi connectivity index (χ0) is 14.4. The molecule has 1 saturated heterocycles. The molecule has 1 aromatic rings. The van der Waals surface area contributed by atoms with Gasteiger partial charge >= 0.3 is 0 Å². The minimum Gasteiger partial charge on any atom is -0.357 e. The van der Waals surface area contributed by atoms with Crippen molar-refractivity contribution in [2.75, 3.05) is 26.2 Å². The number of aliphatic imine (C=N–C) groups is 1. The van der Waals surface area contributed by atoms with E-state index in [1.165, 1.54) is 24.0 Å². The lowest BCUT2D eigenvalue weighted by molar-refractivity contribution is 0.492. The van der Waals surface area contributed by atoms with E-state index < -0.39 is 0 Å². The fourth-order valence-electron chi connectivity index (χ4n) is 2.58. The third-order valence-corrected chi connectivity index (χ3v) is 3.90. The molecule has 0 spiro atoms. The number of nitrogens with one attached hydrogen (secondary N) is 1. The zero-order valence-corrected chi connectivity index (χ0v) is 15.8. The highest BCUT2D eigenvalue weighted by atomic mass is 127. The van der Waals surface area contributed by atoms with Crippen LogP contribution in [0, 0.1) is 6.92 Å². The Morgan fingerprint density at radius 1 is 1.24 bits per heavy atom. The number of aryl methyl sites for hydroxylation is 1. The molecule has 1 heterocycles. The van der Waals surface area contributed by atoms with Crippen LogP contribution in [0.15, 0.2) is 29.3 Å². The first kappa shape index (κ1) is 18.3. The van der Waals surface area contributed by atoms with E-state index >= 15 is 0 Å². The summed E-state index contributed by atoms with van der Waals surface area (Å²) in [6.45, 7) is 10.6. The van der Waals surface area contributed by atoms with E-state index in [-0.39, 0.29) is 24.0 Å². The van der Waals surface area contributed by atoms with Crippen molar-refractivity contribution in [3.63, 3.8) is 0 Å².